The summed E-state index contributed by atoms with van der Waals surface area (Å²) >= 11 is 1.52. The van der Waals surface area contributed by atoms with Crippen LogP contribution in [-0.2, 0) is 6.42 Å². The fourth-order valence-electron chi connectivity index (χ4n) is 1.85. The molecular weight excluding hydrogens is 299 g/mol. The van der Waals surface area contributed by atoms with Gasteiger partial charge in [-0.05, 0) is 23.6 Å². The SMILES string of the molecule is CC(C)CSc1nc(N)c(C#N)c(Cc2ccc(F)cc2)n1. The Hall–Kier alpha value is -2.13. The number of hydrogen-bond acceptors (Lipinski definition) is 5. The smallest absolute Gasteiger partial charge is 0.189 e. The summed E-state index contributed by atoms with van der Waals surface area (Å²) in [7, 11) is 0. The Bertz CT molecular complexity index is 693. The van der Waals surface area contributed by atoms with Crippen molar-refractivity contribution in [2.75, 3.05) is 11.5 Å². The quantitative estimate of drug-likeness (QED) is 0.676. The first-order chi connectivity index (χ1) is 10.5. The fourth-order valence-corrected chi connectivity index (χ4v) is 2.67. The number of nitrogens with zero attached hydrogens (tertiary/aromatic N) is 3. The zero-order valence-electron chi connectivity index (χ0n) is 12.5. The average Bonchev–Trinajstić information content (AvgIpc) is 2.47. The van der Waals surface area contributed by atoms with E-state index in [0.717, 1.165) is 11.3 Å². The molecule has 1 heterocycles. The van der Waals surface area contributed by atoms with Crippen molar-refractivity contribution in [2.24, 2.45) is 5.92 Å². The highest BCUT2D eigenvalue weighted by Gasteiger charge is 2.13. The van der Waals surface area contributed by atoms with Crippen LogP contribution in [0.1, 0.15) is 30.7 Å². The number of rotatable bonds is 5. The van der Waals surface area contributed by atoms with Gasteiger partial charge in [0.05, 0.1) is 5.69 Å². The van der Waals surface area contributed by atoms with Gasteiger partial charge in [-0.15, -0.1) is 0 Å². The lowest BCUT2D eigenvalue weighted by atomic mass is 10.1. The molecule has 0 saturated heterocycles. The van der Waals surface area contributed by atoms with Crippen molar-refractivity contribution >= 4 is 17.6 Å². The van der Waals surface area contributed by atoms with Crippen LogP contribution in [0.15, 0.2) is 29.4 Å². The van der Waals surface area contributed by atoms with E-state index >= 15 is 0 Å². The molecule has 2 rings (SSSR count). The predicted octanol–water partition coefficient (Wildman–Crippen LogP) is 3.41. The van der Waals surface area contributed by atoms with Crippen molar-refractivity contribution in [1.29, 1.82) is 5.26 Å². The second-order valence-corrected chi connectivity index (χ2v) is 6.32. The highest BCUT2D eigenvalue weighted by molar-refractivity contribution is 7.99. The molecule has 0 unspecified atom stereocenters. The van der Waals surface area contributed by atoms with E-state index in [1.54, 1.807) is 12.1 Å². The van der Waals surface area contributed by atoms with E-state index in [2.05, 4.69) is 29.9 Å². The van der Waals surface area contributed by atoms with Gasteiger partial charge in [-0.1, -0.05) is 37.7 Å². The molecule has 1 aromatic heterocycles. The van der Waals surface area contributed by atoms with E-state index in [0.29, 0.717) is 28.8 Å². The molecule has 0 aliphatic carbocycles. The Labute approximate surface area is 133 Å². The van der Waals surface area contributed by atoms with Crippen LogP contribution in [0.3, 0.4) is 0 Å². The molecule has 0 saturated carbocycles. The van der Waals surface area contributed by atoms with Crippen LogP contribution in [-0.4, -0.2) is 15.7 Å². The van der Waals surface area contributed by atoms with Crippen molar-refractivity contribution in [1.82, 2.24) is 9.97 Å². The lowest BCUT2D eigenvalue weighted by molar-refractivity contribution is 0.627. The van der Waals surface area contributed by atoms with Gasteiger partial charge in [-0.3, -0.25) is 0 Å². The maximum atomic E-state index is 13.0. The molecule has 0 aliphatic heterocycles. The number of benzene rings is 1. The summed E-state index contributed by atoms with van der Waals surface area (Å²) in [4.78, 5) is 8.63. The molecule has 22 heavy (non-hydrogen) atoms. The van der Waals surface area contributed by atoms with Crippen molar-refractivity contribution in [2.45, 2.75) is 25.4 Å². The van der Waals surface area contributed by atoms with E-state index in [1.807, 2.05) is 0 Å². The Morgan fingerprint density at radius 2 is 1.95 bits per heavy atom. The first kappa shape index (κ1) is 16.2. The van der Waals surface area contributed by atoms with Crippen LogP contribution in [0.2, 0.25) is 0 Å². The highest BCUT2D eigenvalue weighted by atomic mass is 32.2. The molecule has 114 valence electrons. The van der Waals surface area contributed by atoms with E-state index in [1.165, 1.54) is 23.9 Å². The summed E-state index contributed by atoms with van der Waals surface area (Å²) in [5.41, 5.74) is 7.61. The number of thioether (sulfide) groups is 1. The number of nitrogens with two attached hydrogens (primary N) is 1. The highest BCUT2D eigenvalue weighted by Crippen LogP contribution is 2.23. The molecule has 2 N–H and O–H groups in total. The first-order valence-corrected chi connectivity index (χ1v) is 7.92. The molecule has 2 aromatic rings. The van der Waals surface area contributed by atoms with Crippen LogP contribution in [0.25, 0.3) is 0 Å². The number of nitriles is 1. The number of aromatic nitrogens is 2. The zero-order valence-corrected chi connectivity index (χ0v) is 13.3. The van der Waals surface area contributed by atoms with Gasteiger partial charge < -0.3 is 5.73 Å². The summed E-state index contributed by atoms with van der Waals surface area (Å²) in [6.07, 6.45) is 0.422. The van der Waals surface area contributed by atoms with E-state index in [9.17, 15) is 9.65 Å². The summed E-state index contributed by atoms with van der Waals surface area (Å²) in [5.74, 6) is 1.29. The zero-order chi connectivity index (χ0) is 16.1. The van der Waals surface area contributed by atoms with Crippen LogP contribution >= 0.6 is 11.8 Å². The van der Waals surface area contributed by atoms with Gasteiger partial charge in [0.2, 0.25) is 0 Å². The fraction of sp³-hybridized carbons (Fsp3) is 0.312. The molecule has 0 amide bonds. The minimum atomic E-state index is -0.292. The van der Waals surface area contributed by atoms with Gasteiger partial charge in [0.1, 0.15) is 23.3 Å². The van der Waals surface area contributed by atoms with Gasteiger partial charge in [0, 0.05) is 12.2 Å². The van der Waals surface area contributed by atoms with Crippen LogP contribution in [0.5, 0.6) is 0 Å². The van der Waals surface area contributed by atoms with Crippen LogP contribution in [0.4, 0.5) is 10.2 Å². The van der Waals surface area contributed by atoms with Crippen molar-refractivity contribution in [3.8, 4) is 6.07 Å². The Morgan fingerprint density at radius 3 is 2.55 bits per heavy atom. The third-order valence-electron chi connectivity index (χ3n) is 2.93. The summed E-state index contributed by atoms with van der Waals surface area (Å²) in [6, 6.07) is 8.19. The average molecular weight is 316 g/mol. The molecule has 0 aliphatic rings. The van der Waals surface area contributed by atoms with Gasteiger partial charge in [0.25, 0.3) is 0 Å². The maximum Gasteiger partial charge on any atom is 0.189 e. The maximum absolute atomic E-state index is 13.0. The third kappa shape index (κ3) is 4.18. The Kier molecular flexibility index (Phi) is 5.34. The second kappa shape index (κ2) is 7.23. The van der Waals surface area contributed by atoms with E-state index in [-0.39, 0.29) is 11.6 Å². The van der Waals surface area contributed by atoms with E-state index < -0.39 is 0 Å². The van der Waals surface area contributed by atoms with E-state index in [4.69, 9.17) is 5.73 Å². The van der Waals surface area contributed by atoms with Crippen LogP contribution < -0.4 is 5.73 Å². The van der Waals surface area contributed by atoms with Crippen molar-refractivity contribution in [3.05, 3.63) is 46.9 Å². The number of anilines is 1. The molecule has 0 bridgehead atoms. The van der Waals surface area contributed by atoms with Crippen molar-refractivity contribution in [3.63, 3.8) is 0 Å². The lowest BCUT2D eigenvalue weighted by Crippen LogP contribution is -2.06. The largest absolute Gasteiger partial charge is 0.382 e. The summed E-state index contributed by atoms with van der Waals surface area (Å²) < 4.78 is 13.0. The molecular formula is C16H17FN4S. The molecule has 1 aromatic carbocycles. The monoisotopic (exact) mass is 316 g/mol. The molecule has 4 nitrogen and oxygen atoms in total. The standard InChI is InChI=1S/C16H17FN4S/c1-10(2)9-22-16-20-14(13(8-18)15(19)21-16)7-11-3-5-12(17)6-4-11/h3-6,10H,7,9H2,1-2H3,(H2,19,20,21). The third-order valence-corrected chi connectivity index (χ3v) is 4.21. The lowest BCUT2D eigenvalue weighted by Gasteiger charge is -2.09. The number of hydrogen-bond donors (Lipinski definition) is 1. The number of nitrogen functional groups attached to an aromatic ring is 1. The summed E-state index contributed by atoms with van der Waals surface area (Å²) in [5, 5.41) is 9.83. The minimum absolute atomic E-state index is 0.195. The van der Waals surface area contributed by atoms with Crippen LogP contribution in [0, 0.1) is 23.1 Å². The Morgan fingerprint density at radius 1 is 1.27 bits per heavy atom. The van der Waals surface area contributed by atoms with Gasteiger partial charge in [0.15, 0.2) is 5.16 Å². The molecule has 0 radical (unpaired) electrons. The molecule has 0 atom stereocenters. The molecule has 0 fully saturated rings. The molecule has 6 heteroatoms. The van der Waals surface area contributed by atoms with Gasteiger partial charge >= 0.3 is 0 Å². The minimum Gasteiger partial charge on any atom is -0.382 e. The topological polar surface area (TPSA) is 75.6 Å². The van der Waals surface area contributed by atoms with Gasteiger partial charge in [-0.2, -0.15) is 5.26 Å². The normalized spacial score (nSPS) is 10.7. The Balaban J connectivity index is 2.31. The van der Waals surface area contributed by atoms with Gasteiger partial charge in [-0.25, -0.2) is 14.4 Å². The number of halogens is 1. The van der Waals surface area contributed by atoms with Crippen molar-refractivity contribution < 1.29 is 4.39 Å². The summed E-state index contributed by atoms with van der Waals surface area (Å²) in [6.45, 7) is 4.22. The predicted molar refractivity (Wildman–Crippen MR) is 85.9 cm³/mol. The molecule has 0 spiro atoms. The second-order valence-electron chi connectivity index (χ2n) is 5.33. The first-order valence-electron chi connectivity index (χ1n) is 6.93.